The molecule has 8 aromatic rings. The molecule has 0 radical (unpaired) electrons. The van der Waals surface area contributed by atoms with Gasteiger partial charge in [-0.2, -0.15) is 6.07 Å². The fraction of sp³-hybridized carbons (Fsp3) is 0.0714. The number of hydrogen-bond acceptors (Lipinski definition) is 4. The minimum atomic E-state index is 0. The molecule has 0 N–H and O–H groups in total. The second-order valence-corrected chi connectivity index (χ2v) is 12.3. The third-order valence-electron chi connectivity index (χ3n) is 9.02. The first-order valence-corrected chi connectivity index (χ1v) is 16.0. The number of rotatable bonds is 5. The summed E-state index contributed by atoms with van der Waals surface area (Å²) >= 11 is 0. The van der Waals surface area contributed by atoms with Crippen LogP contribution in [0.25, 0.3) is 50.1 Å². The molecule has 4 heterocycles. The van der Waals surface area contributed by atoms with Crippen molar-refractivity contribution in [3.8, 4) is 39.8 Å². The maximum Gasteiger partial charge on any atom is 0.135 e. The van der Waals surface area contributed by atoms with Crippen LogP contribution < -0.4 is 9.64 Å². The van der Waals surface area contributed by atoms with Gasteiger partial charge in [-0.3, -0.25) is 0 Å². The van der Waals surface area contributed by atoms with Gasteiger partial charge in [-0.25, -0.2) is 4.98 Å². The smallest absolute Gasteiger partial charge is 0.135 e. The van der Waals surface area contributed by atoms with Crippen molar-refractivity contribution in [2.45, 2.75) is 20.8 Å². The van der Waals surface area contributed by atoms with E-state index in [1.165, 1.54) is 22.3 Å². The number of hydrogen-bond donors (Lipinski definition) is 0. The van der Waals surface area contributed by atoms with E-state index >= 15 is 0 Å². The molecular weight excluding hydrogens is 786 g/mol. The summed E-state index contributed by atoms with van der Waals surface area (Å²) in [5.74, 6) is 2.93. The molecule has 0 atom stereocenters. The summed E-state index contributed by atoms with van der Waals surface area (Å²) in [7, 11) is 0. The number of anilines is 2. The number of nitrogens with zero attached hydrogens (tertiary/aromatic N) is 5. The first-order chi connectivity index (χ1) is 23.5. The van der Waals surface area contributed by atoms with Gasteiger partial charge in [0, 0.05) is 55.8 Å². The maximum atomic E-state index is 6.71. The number of imidazole rings is 1. The van der Waals surface area contributed by atoms with Crippen LogP contribution in [0, 0.1) is 39.6 Å². The summed E-state index contributed by atoms with van der Waals surface area (Å²) in [6, 6.07) is 42.7. The number of aromatic nitrogens is 4. The van der Waals surface area contributed by atoms with E-state index in [2.05, 4.69) is 132 Å². The first kappa shape index (κ1) is 30.7. The summed E-state index contributed by atoms with van der Waals surface area (Å²) in [4.78, 5) is 11.5. The van der Waals surface area contributed by atoms with Crippen molar-refractivity contribution in [1.82, 2.24) is 19.1 Å². The van der Waals surface area contributed by atoms with Gasteiger partial charge in [0.15, 0.2) is 0 Å². The van der Waals surface area contributed by atoms with Gasteiger partial charge < -0.3 is 23.8 Å². The van der Waals surface area contributed by atoms with Gasteiger partial charge in [0.05, 0.1) is 0 Å². The minimum absolute atomic E-state index is 0. The predicted molar refractivity (Wildman–Crippen MR) is 192 cm³/mol. The molecule has 1 aliphatic rings. The molecule has 0 aliphatic carbocycles. The van der Waals surface area contributed by atoms with Crippen LogP contribution in [0.5, 0.6) is 11.5 Å². The number of ether oxygens (including phenoxy) is 1. The van der Waals surface area contributed by atoms with E-state index in [1.54, 1.807) is 0 Å². The topological polar surface area (TPSA) is 48.1 Å². The van der Waals surface area contributed by atoms with E-state index in [-0.39, 0.29) is 21.1 Å². The normalized spacial score (nSPS) is 11.9. The molecule has 9 rings (SSSR count). The number of fused-ring (bicyclic) bond motifs is 6. The Morgan fingerprint density at radius 2 is 1.51 bits per heavy atom. The molecule has 3 aromatic heterocycles. The fourth-order valence-electron chi connectivity index (χ4n) is 7.14. The van der Waals surface area contributed by atoms with Gasteiger partial charge in [-0.05, 0) is 85.5 Å². The van der Waals surface area contributed by atoms with Gasteiger partial charge in [0.25, 0.3) is 0 Å². The van der Waals surface area contributed by atoms with E-state index < -0.39 is 0 Å². The van der Waals surface area contributed by atoms with E-state index in [0.717, 1.165) is 55.9 Å². The molecule has 0 spiro atoms. The zero-order valence-corrected chi connectivity index (χ0v) is 29.4. The van der Waals surface area contributed by atoms with Crippen LogP contribution in [0.4, 0.5) is 11.4 Å². The van der Waals surface area contributed by atoms with Crippen molar-refractivity contribution >= 4 is 33.2 Å². The van der Waals surface area contributed by atoms with Gasteiger partial charge in [0.2, 0.25) is 0 Å². The SMILES string of the molecule is Cc1cc(C)c(-c2cc(Oc3[c-]c4c(cc3)c3ccccc3n4-c3ccccn3)[c-]c(N3[CH-]n4ccnc4-c4ccccc43)c2)c(C)c1.[Pt]. The number of benzene rings is 5. The molecule has 242 valence electrons. The second-order valence-electron chi connectivity index (χ2n) is 12.3. The Morgan fingerprint density at radius 1 is 0.714 bits per heavy atom. The second kappa shape index (κ2) is 12.1. The Hall–Kier alpha value is -5.58. The fourth-order valence-corrected chi connectivity index (χ4v) is 7.14. The number of aryl methyl sites for hydroxylation is 3. The Labute approximate surface area is 299 Å². The average molecular weight is 816 g/mol. The monoisotopic (exact) mass is 815 g/mol. The molecule has 1 aliphatic heterocycles. The largest absolute Gasteiger partial charge is 0.509 e. The van der Waals surface area contributed by atoms with Crippen LogP contribution in [0.1, 0.15) is 16.7 Å². The predicted octanol–water partition coefficient (Wildman–Crippen LogP) is 10.1. The van der Waals surface area contributed by atoms with Gasteiger partial charge in [-0.15, -0.1) is 41.3 Å². The van der Waals surface area contributed by atoms with Gasteiger partial charge in [-0.1, -0.05) is 77.6 Å². The molecule has 49 heavy (non-hydrogen) atoms. The molecule has 0 bridgehead atoms. The standard InChI is InChI=1S/C42H30N5O.Pt/c1-27-20-28(2)41(29(3)21-27)30-22-31(46-26-45-19-18-44-42(45)36-11-5-6-12-37(36)46)24-33(23-30)48-32-15-16-35-34-10-4-7-13-38(34)47(39(35)25-32)40-14-8-9-17-43-40;/h4-23,26H,1-3H3;/q-3;. The number of pyridine rings is 1. The maximum absolute atomic E-state index is 6.71. The average Bonchev–Trinajstić information content (AvgIpc) is 3.70. The Balaban J connectivity index is 0.00000348. The van der Waals surface area contributed by atoms with Crippen molar-refractivity contribution in [1.29, 1.82) is 0 Å². The van der Waals surface area contributed by atoms with Gasteiger partial charge in [0.1, 0.15) is 5.82 Å². The van der Waals surface area contributed by atoms with Crippen LogP contribution >= 0.6 is 0 Å². The van der Waals surface area contributed by atoms with E-state index in [4.69, 9.17) is 4.74 Å². The summed E-state index contributed by atoms with van der Waals surface area (Å²) in [6.07, 6.45) is 5.62. The molecule has 6 nitrogen and oxygen atoms in total. The molecule has 0 unspecified atom stereocenters. The Kier molecular flexibility index (Phi) is 7.61. The van der Waals surface area contributed by atoms with Crippen LogP contribution in [-0.4, -0.2) is 19.1 Å². The van der Waals surface area contributed by atoms with Crippen LogP contribution in [0.15, 0.2) is 122 Å². The van der Waals surface area contributed by atoms with E-state index in [9.17, 15) is 0 Å². The quantitative estimate of drug-likeness (QED) is 0.162. The van der Waals surface area contributed by atoms with Crippen LogP contribution in [0.2, 0.25) is 0 Å². The van der Waals surface area contributed by atoms with Crippen molar-refractivity contribution in [3.63, 3.8) is 0 Å². The number of para-hydroxylation sites is 2. The zero-order valence-electron chi connectivity index (χ0n) is 27.1. The summed E-state index contributed by atoms with van der Waals surface area (Å²) < 4.78 is 10.9. The van der Waals surface area contributed by atoms with Crippen LogP contribution in [0.3, 0.4) is 0 Å². The van der Waals surface area contributed by atoms with Crippen molar-refractivity contribution in [3.05, 3.63) is 157 Å². The van der Waals surface area contributed by atoms with E-state index in [0.29, 0.717) is 11.5 Å². The molecular formula is C42H30N5OPt-3. The van der Waals surface area contributed by atoms with Gasteiger partial charge >= 0.3 is 0 Å². The molecule has 7 heteroatoms. The Bertz CT molecular complexity index is 2490. The summed E-state index contributed by atoms with van der Waals surface area (Å²) in [6.45, 7) is 8.54. The van der Waals surface area contributed by atoms with E-state index in [1.807, 2.05) is 53.5 Å². The van der Waals surface area contributed by atoms with Crippen LogP contribution in [-0.2, 0) is 21.1 Å². The van der Waals surface area contributed by atoms with Crippen molar-refractivity contribution in [2.24, 2.45) is 0 Å². The molecule has 0 saturated heterocycles. The Morgan fingerprint density at radius 3 is 2.35 bits per heavy atom. The minimum Gasteiger partial charge on any atom is -0.509 e. The molecule has 0 saturated carbocycles. The van der Waals surface area contributed by atoms with Crippen molar-refractivity contribution in [2.75, 3.05) is 4.90 Å². The summed E-state index contributed by atoms with van der Waals surface area (Å²) in [5.41, 5.74) is 10.8. The molecule has 0 amide bonds. The third-order valence-corrected chi connectivity index (χ3v) is 9.02. The zero-order chi connectivity index (χ0) is 32.4. The molecule has 0 fully saturated rings. The summed E-state index contributed by atoms with van der Waals surface area (Å²) in [5, 5.41) is 2.23. The first-order valence-electron chi connectivity index (χ1n) is 16.0. The third kappa shape index (κ3) is 5.20. The van der Waals surface area contributed by atoms with Crippen molar-refractivity contribution < 1.29 is 25.8 Å². The molecule has 5 aromatic carbocycles.